The Morgan fingerprint density at radius 3 is 1.55 bits per heavy atom. The minimum atomic E-state index is -0.265. The topological polar surface area (TPSA) is 75.3 Å². The summed E-state index contributed by atoms with van der Waals surface area (Å²) in [4.78, 5) is 19.7. The minimum Gasteiger partial charge on any atom is -0.256 e. The van der Waals surface area contributed by atoms with Crippen molar-refractivity contribution < 1.29 is 0 Å². The SMILES string of the molecule is CC1(C)c2cc(C#N)ccc2-c2ccc(-c3cc(-c4ccc(-c5ccccn5)cc4)cc(-c4nc(-c5ccccc5)nc(-c5ccccc5)n4)c3)cc21. The van der Waals surface area contributed by atoms with Crippen LogP contribution in [-0.2, 0) is 5.41 Å². The fraction of sp³-hybridized carbons (Fsp3) is 0.0625. The summed E-state index contributed by atoms with van der Waals surface area (Å²) in [7, 11) is 0. The molecule has 0 spiro atoms. The first kappa shape index (κ1) is 31.9. The molecule has 5 nitrogen and oxygen atoms in total. The molecule has 2 aromatic heterocycles. The Morgan fingerprint density at radius 1 is 0.434 bits per heavy atom. The van der Waals surface area contributed by atoms with Crippen molar-refractivity contribution in [3.63, 3.8) is 0 Å². The van der Waals surface area contributed by atoms with Gasteiger partial charge >= 0.3 is 0 Å². The van der Waals surface area contributed by atoms with Crippen LogP contribution in [0.5, 0.6) is 0 Å². The zero-order valence-electron chi connectivity index (χ0n) is 29.3. The van der Waals surface area contributed by atoms with E-state index in [2.05, 4.69) is 91.6 Å². The number of nitrogens with zero attached hydrogens (tertiary/aromatic N) is 5. The summed E-state index contributed by atoms with van der Waals surface area (Å²) < 4.78 is 0. The van der Waals surface area contributed by atoms with E-state index in [0.717, 1.165) is 50.2 Å². The van der Waals surface area contributed by atoms with E-state index in [1.54, 1.807) is 0 Å². The first-order chi connectivity index (χ1) is 25.9. The Balaban J connectivity index is 1.22. The average Bonchev–Trinajstić information content (AvgIpc) is 3.46. The second kappa shape index (κ2) is 12.9. The third-order valence-corrected chi connectivity index (χ3v) is 10.2. The maximum absolute atomic E-state index is 9.66. The standard InChI is InChI=1S/C48H33N5/c1-48(2)42-25-31(30-49)16-22-40(42)41-23-21-36(29-43(41)48)38-26-37(32-17-19-33(20-18-32)44-15-9-10-24-50-44)27-39(28-38)47-52-45(34-11-5-3-6-12-34)51-46(53-47)35-13-7-4-8-14-35/h3-29H,1-2H3. The van der Waals surface area contributed by atoms with Crippen molar-refractivity contribution in [2.75, 3.05) is 0 Å². The maximum atomic E-state index is 9.66. The molecule has 0 saturated carbocycles. The molecule has 0 atom stereocenters. The zero-order valence-corrected chi connectivity index (χ0v) is 29.3. The zero-order chi connectivity index (χ0) is 35.9. The molecule has 53 heavy (non-hydrogen) atoms. The number of nitriles is 1. The van der Waals surface area contributed by atoms with Crippen molar-refractivity contribution >= 4 is 0 Å². The fourth-order valence-electron chi connectivity index (χ4n) is 7.38. The van der Waals surface area contributed by atoms with Gasteiger partial charge in [0.25, 0.3) is 0 Å². The molecule has 5 heteroatoms. The lowest BCUT2D eigenvalue weighted by Crippen LogP contribution is -2.15. The quantitative estimate of drug-likeness (QED) is 0.175. The van der Waals surface area contributed by atoms with Gasteiger partial charge in [0, 0.05) is 33.9 Å². The first-order valence-electron chi connectivity index (χ1n) is 17.7. The van der Waals surface area contributed by atoms with Gasteiger partial charge in [0.2, 0.25) is 0 Å². The van der Waals surface area contributed by atoms with Crippen LogP contribution in [0.2, 0.25) is 0 Å². The highest BCUT2D eigenvalue weighted by Crippen LogP contribution is 2.50. The van der Waals surface area contributed by atoms with Gasteiger partial charge in [-0.3, -0.25) is 4.98 Å². The van der Waals surface area contributed by atoms with Gasteiger partial charge in [0.15, 0.2) is 17.5 Å². The molecule has 9 rings (SSSR count). The Kier molecular flexibility index (Phi) is 7.79. The Morgan fingerprint density at radius 2 is 0.943 bits per heavy atom. The second-order valence-corrected chi connectivity index (χ2v) is 13.9. The van der Waals surface area contributed by atoms with E-state index in [0.29, 0.717) is 23.0 Å². The van der Waals surface area contributed by atoms with E-state index >= 15 is 0 Å². The van der Waals surface area contributed by atoms with Crippen molar-refractivity contribution in [2.24, 2.45) is 0 Å². The third-order valence-electron chi connectivity index (χ3n) is 10.2. The maximum Gasteiger partial charge on any atom is 0.164 e. The summed E-state index contributed by atoms with van der Waals surface area (Å²) in [5.41, 5.74) is 14.2. The highest BCUT2D eigenvalue weighted by molar-refractivity contribution is 5.86. The molecule has 2 heterocycles. The molecule has 6 aromatic carbocycles. The predicted molar refractivity (Wildman–Crippen MR) is 213 cm³/mol. The predicted octanol–water partition coefficient (Wildman–Crippen LogP) is 11.4. The number of rotatable bonds is 6. The molecule has 250 valence electrons. The van der Waals surface area contributed by atoms with Gasteiger partial charge in [-0.2, -0.15) is 5.26 Å². The fourth-order valence-corrected chi connectivity index (χ4v) is 7.38. The Bertz CT molecular complexity index is 2620. The lowest BCUT2D eigenvalue weighted by Gasteiger charge is -2.22. The summed E-state index contributed by atoms with van der Waals surface area (Å²) >= 11 is 0. The van der Waals surface area contributed by atoms with Crippen molar-refractivity contribution in [3.05, 3.63) is 181 Å². The summed E-state index contributed by atoms with van der Waals surface area (Å²) in [6.45, 7) is 4.49. The van der Waals surface area contributed by atoms with Crippen LogP contribution in [0.4, 0.5) is 0 Å². The first-order valence-corrected chi connectivity index (χ1v) is 17.7. The highest BCUT2D eigenvalue weighted by Gasteiger charge is 2.36. The largest absolute Gasteiger partial charge is 0.256 e. The molecule has 8 aromatic rings. The van der Waals surface area contributed by atoms with E-state index in [4.69, 9.17) is 15.0 Å². The number of fused-ring (bicyclic) bond motifs is 3. The number of hydrogen-bond acceptors (Lipinski definition) is 5. The van der Waals surface area contributed by atoms with Gasteiger partial charge in [-0.05, 0) is 93.0 Å². The van der Waals surface area contributed by atoms with E-state index < -0.39 is 0 Å². The van der Waals surface area contributed by atoms with Crippen LogP contribution in [0.25, 0.3) is 78.8 Å². The minimum absolute atomic E-state index is 0.265. The summed E-state index contributed by atoms with van der Waals surface area (Å²) in [6, 6.07) is 56.4. The van der Waals surface area contributed by atoms with Crippen LogP contribution in [0.1, 0.15) is 30.5 Å². The Hall–Kier alpha value is -7.03. The van der Waals surface area contributed by atoms with Crippen LogP contribution in [-0.4, -0.2) is 19.9 Å². The van der Waals surface area contributed by atoms with Gasteiger partial charge in [0.1, 0.15) is 0 Å². The molecule has 0 saturated heterocycles. The highest BCUT2D eigenvalue weighted by atomic mass is 15.0. The van der Waals surface area contributed by atoms with E-state index in [1.807, 2.05) is 97.2 Å². The van der Waals surface area contributed by atoms with Crippen LogP contribution >= 0.6 is 0 Å². The number of pyridine rings is 1. The molecular formula is C48H33N5. The van der Waals surface area contributed by atoms with E-state index in [9.17, 15) is 5.26 Å². The molecule has 0 unspecified atom stereocenters. The normalized spacial score (nSPS) is 12.5. The van der Waals surface area contributed by atoms with Crippen LogP contribution < -0.4 is 0 Å². The lowest BCUT2D eigenvalue weighted by atomic mass is 9.81. The van der Waals surface area contributed by atoms with E-state index in [-0.39, 0.29) is 5.41 Å². The molecule has 1 aliphatic rings. The molecule has 1 aliphatic carbocycles. The summed E-state index contributed by atoms with van der Waals surface area (Å²) in [5, 5.41) is 9.66. The average molecular weight is 680 g/mol. The van der Waals surface area contributed by atoms with E-state index in [1.165, 1.54) is 22.3 Å². The summed E-state index contributed by atoms with van der Waals surface area (Å²) in [6.07, 6.45) is 1.82. The second-order valence-electron chi connectivity index (χ2n) is 13.9. The molecule has 0 radical (unpaired) electrons. The van der Waals surface area contributed by atoms with Crippen molar-refractivity contribution in [1.29, 1.82) is 5.26 Å². The van der Waals surface area contributed by atoms with Crippen molar-refractivity contribution in [3.8, 4) is 84.9 Å². The van der Waals surface area contributed by atoms with Gasteiger partial charge in [-0.1, -0.05) is 123 Å². The van der Waals surface area contributed by atoms with Gasteiger partial charge in [-0.25, -0.2) is 15.0 Å². The Labute approximate surface area is 309 Å². The van der Waals surface area contributed by atoms with Crippen LogP contribution in [0.3, 0.4) is 0 Å². The van der Waals surface area contributed by atoms with Gasteiger partial charge in [0.05, 0.1) is 17.3 Å². The third kappa shape index (κ3) is 5.87. The van der Waals surface area contributed by atoms with Gasteiger partial charge < -0.3 is 0 Å². The molecular weight excluding hydrogens is 647 g/mol. The molecule has 0 amide bonds. The molecule has 0 N–H and O–H groups in total. The van der Waals surface area contributed by atoms with Crippen LogP contribution in [0.15, 0.2) is 164 Å². The summed E-state index contributed by atoms with van der Waals surface area (Å²) in [5.74, 6) is 1.84. The van der Waals surface area contributed by atoms with Gasteiger partial charge in [-0.15, -0.1) is 0 Å². The monoisotopic (exact) mass is 679 g/mol. The van der Waals surface area contributed by atoms with Crippen molar-refractivity contribution in [2.45, 2.75) is 19.3 Å². The van der Waals surface area contributed by atoms with Crippen LogP contribution in [0, 0.1) is 11.3 Å². The smallest absolute Gasteiger partial charge is 0.164 e. The molecule has 0 fully saturated rings. The molecule has 0 aliphatic heterocycles. The lowest BCUT2D eigenvalue weighted by molar-refractivity contribution is 0.660. The number of benzene rings is 6. The molecule has 0 bridgehead atoms. The van der Waals surface area contributed by atoms with Crippen molar-refractivity contribution in [1.82, 2.24) is 19.9 Å². The number of aromatic nitrogens is 4. The number of hydrogen-bond donors (Lipinski definition) is 0.